The molecule has 2 rings (SSSR count). The Morgan fingerprint density at radius 3 is 2.75 bits per heavy atom. The van der Waals surface area contributed by atoms with Gasteiger partial charge in [-0.2, -0.15) is 5.10 Å². The highest BCUT2D eigenvalue weighted by Crippen LogP contribution is 2.33. The minimum absolute atomic E-state index is 0.578. The van der Waals surface area contributed by atoms with Crippen molar-refractivity contribution in [3.63, 3.8) is 0 Å². The SMILES string of the molecule is CCNC(Cc1c(Br)c(C)nn1C)C1CCCC(C)C1. The van der Waals surface area contributed by atoms with E-state index < -0.39 is 0 Å². The summed E-state index contributed by atoms with van der Waals surface area (Å²) < 4.78 is 3.22. The molecule has 1 heterocycles. The van der Waals surface area contributed by atoms with Gasteiger partial charge in [0, 0.05) is 19.5 Å². The van der Waals surface area contributed by atoms with Crippen LogP contribution in [-0.2, 0) is 13.5 Å². The first-order valence-corrected chi connectivity index (χ1v) is 8.73. The Labute approximate surface area is 131 Å². The fourth-order valence-electron chi connectivity index (χ4n) is 3.62. The van der Waals surface area contributed by atoms with Crippen molar-refractivity contribution < 1.29 is 0 Å². The summed E-state index contributed by atoms with van der Waals surface area (Å²) in [6, 6.07) is 0.578. The van der Waals surface area contributed by atoms with Gasteiger partial charge in [-0.15, -0.1) is 0 Å². The number of hydrogen-bond acceptors (Lipinski definition) is 2. The zero-order chi connectivity index (χ0) is 14.7. The van der Waals surface area contributed by atoms with Gasteiger partial charge in [0.25, 0.3) is 0 Å². The van der Waals surface area contributed by atoms with E-state index in [9.17, 15) is 0 Å². The van der Waals surface area contributed by atoms with Crippen molar-refractivity contribution in [1.82, 2.24) is 15.1 Å². The molecule has 0 radical (unpaired) electrons. The van der Waals surface area contributed by atoms with Crippen LogP contribution in [0.25, 0.3) is 0 Å². The number of rotatable bonds is 5. The summed E-state index contributed by atoms with van der Waals surface area (Å²) in [7, 11) is 2.06. The molecule has 0 saturated heterocycles. The molecule has 1 aromatic heterocycles. The summed E-state index contributed by atoms with van der Waals surface area (Å²) >= 11 is 3.71. The number of nitrogens with one attached hydrogen (secondary N) is 1. The van der Waals surface area contributed by atoms with Crippen LogP contribution in [0.15, 0.2) is 4.47 Å². The lowest BCUT2D eigenvalue weighted by Crippen LogP contribution is -2.40. The molecule has 3 atom stereocenters. The molecule has 1 N–H and O–H groups in total. The molecule has 20 heavy (non-hydrogen) atoms. The smallest absolute Gasteiger partial charge is 0.0738 e. The van der Waals surface area contributed by atoms with Crippen LogP contribution in [0.4, 0.5) is 0 Å². The fourth-order valence-corrected chi connectivity index (χ4v) is 4.12. The minimum Gasteiger partial charge on any atom is -0.314 e. The van der Waals surface area contributed by atoms with Crippen LogP contribution >= 0.6 is 15.9 Å². The molecule has 0 amide bonds. The second-order valence-corrected chi connectivity index (χ2v) is 7.16. The zero-order valence-corrected chi connectivity index (χ0v) is 14.8. The summed E-state index contributed by atoms with van der Waals surface area (Å²) in [5.41, 5.74) is 2.42. The molecule has 0 spiro atoms. The maximum absolute atomic E-state index is 4.53. The van der Waals surface area contributed by atoms with Crippen LogP contribution in [-0.4, -0.2) is 22.4 Å². The van der Waals surface area contributed by atoms with Gasteiger partial charge in [0.15, 0.2) is 0 Å². The van der Waals surface area contributed by atoms with E-state index in [1.165, 1.54) is 35.8 Å². The van der Waals surface area contributed by atoms with Crippen molar-refractivity contribution >= 4 is 15.9 Å². The Morgan fingerprint density at radius 1 is 1.45 bits per heavy atom. The summed E-state index contributed by atoms with van der Waals surface area (Å²) in [5, 5.41) is 8.25. The van der Waals surface area contributed by atoms with Gasteiger partial charge in [-0.3, -0.25) is 4.68 Å². The molecule has 1 saturated carbocycles. The molecule has 114 valence electrons. The van der Waals surface area contributed by atoms with E-state index in [1.54, 1.807) is 0 Å². The fraction of sp³-hybridized carbons (Fsp3) is 0.812. The number of nitrogens with zero attached hydrogens (tertiary/aromatic N) is 2. The van der Waals surface area contributed by atoms with Gasteiger partial charge < -0.3 is 5.32 Å². The maximum Gasteiger partial charge on any atom is 0.0738 e. The molecular formula is C16H28BrN3. The third kappa shape index (κ3) is 3.64. The number of likely N-dealkylation sites (N-methyl/N-ethyl adjacent to an activating group) is 1. The average molecular weight is 342 g/mol. The van der Waals surface area contributed by atoms with E-state index in [1.807, 2.05) is 4.68 Å². The second kappa shape index (κ2) is 7.08. The molecule has 1 aliphatic rings. The highest BCUT2D eigenvalue weighted by molar-refractivity contribution is 9.10. The van der Waals surface area contributed by atoms with Crippen LogP contribution < -0.4 is 5.32 Å². The summed E-state index contributed by atoms with van der Waals surface area (Å²) in [6.45, 7) is 7.73. The largest absolute Gasteiger partial charge is 0.314 e. The summed E-state index contributed by atoms with van der Waals surface area (Å²) in [4.78, 5) is 0. The van der Waals surface area contributed by atoms with Crippen molar-refractivity contribution in [2.45, 2.75) is 58.9 Å². The number of hydrogen-bond donors (Lipinski definition) is 1. The Hall–Kier alpha value is -0.350. The molecule has 1 fully saturated rings. The van der Waals surface area contributed by atoms with Gasteiger partial charge in [0.1, 0.15) is 0 Å². The predicted molar refractivity (Wildman–Crippen MR) is 87.9 cm³/mol. The predicted octanol–water partition coefficient (Wildman–Crippen LogP) is 3.84. The number of aromatic nitrogens is 2. The van der Waals surface area contributed by atoms with Crippen LogP contribution in [0.2, 0.25) is 0 Å². The third-order valence-corrected chi connectivity index (χ3v) is 5.72. The highest BCUT2D eigenvalue weighted by atomic mass is 79.9. The van der Waals surface area contributed by atoms with Gasteiger partial charge in [0.2, 0.25) is 0 Å². The second-order valence-electron chi connectivity index (χ2n) is 6.37. The van der Waals surface area contributed by atoms with E-state index >= 15 is 0 Å². The lowest BCUT2D eigenvalue weighted by atomic mass is 9.77. The lowest BCUT2D eigenvalue weighted by molar-refractivity contribution is 0.221. The highest BCUT2D eigenvalue weighted by Gasteiger charge is 2.28. The van der Waals surface area contributed by atoms with Gasteiger partial charge in [-0.1, -0.05) is 26.7 Å². The first-order chi connectivity index (χ1) is 9.52. The molecule has 0 bridgehead atoms. The molecule has 3 unspecified atom stereocenters. The van der Waals surface area contributed by atoms with Crippen LogP contribution in [0.1, 0.15) is 50.9 Å². The first kappa shape index (κ1) is 16.0. The van der Waals surface area contributed by atoms with Crippen molar-refractivity contribution in [3.05, 3.63) is 15.9 Å². The molecule has 0 aromatic carbocycles. The Morgan fingerprint density at radius 2 is 2.20 bits per heavy atom. The van der Waals surface area contributed by atoms with E-state index in [0.717, 1.165) is 30.5 Å². The van der Waals surface area contributed by atoms with E-state index in [2.05, 4.69) is 54.2 Å². The maximum atomic E-state index is 4.53. The average Bonchev–Trinajstić information content (AvgIpc) is 2.64. The topological polar surface area (TPSA) is 29.9 Å². The van der Waals surface area contributed by atoms with Crippen LogP contribution in [0.5, 0.6) is 0 Å². The number of aryl methyl sites for hydroxylation is 2. The normalized spacial score (nSPS) is 24.9. The van der Waals surface area contributed by atoms with Gasteiger partial charge in [-0.05, 0) is 54.1 Å². The van der Waals surface area contributed by atoms with E-state index in [4.69, 9.17) is 0 Å². The zero-order valence-electron chi connectivity index (χ0n) is 13.2. The molecule has 1 aromatic rings. The lowest BCUT2D eigenvalue weighted by Gasteiger charge is -2.34. The van der Waals surface area contributed by atoms with Crippen LogP contribution in [0.3, 0.4) is 0 Å². The van der Waals surface area contributed by atoms with Crippen molar-refractivity contribution in [3.8, 4) is 0 Å². The third-order valence-electron chi connectivity index (χ3n) is 4.69. The van der Waals surface area contributed by atoms with E-state index in [-0.39, 0.29) is 0 Å². The van der Waals surface area contributed by atoms with Crippen LogP contribution in [0, 0.1) is 18.8 Å². The summed E-state index contributed by atoms with van der Waals surface area (Å²) in [6.07, 6.45) is 6.61. The first-order valence-electron chi connectivity index (χ1n) is 7.94. The standard InChI is InChI=1S/C16H28BrN3/c1-5-18-14(13-8-6-7-11(2)9-13)10-15-16(17)12(3)19-20(15)4/h11,13-14,18H,5-10H2,1-4H3. The quantitative estimate of drug-likeness (QED) is 0.881. The van der Waals surface area contributed by atoms with Gasteiger partial charge in [0.05, 0.1) is 15.9 Å². The molecule has 3 nitrogen and oxygen atoms in total. The molecule has 1 aliphatic carbocycles. The molecular weight excluding hydrogens is 314 g/mol. The van der Waals surface area contributed by atoms with Crippen molar-refractivity contribution in [2.75, 3.05) is 6.54 Å². The summed E-state index contributed by atoms with van der Waals surface area (Å²) in [5.74, 6) is 1.69. The Bertz CT molecular complexity index is 441. The number of halogens is 1. The Kier molecular flexibility index (Phi) is 5.67. The van der Waals surface area contributed by atoms with Gasteiger partial charge >= 0.3 is 0 Å². The molecule has 0 aliphatic heterocycles. The van der Waals surface area contributed by atoms with Crippen molar-refractivity contribution in [1.29, 1.82) is 0 Å². The van der Waals surface area contributed by atoms with E-state index in [0.29, 0.717) is 6.04 Å². The monoisotopic (exact) mass is 341 g/mol. The Balaban J connectivity index is 2.12. The molecule has 4 heteroatoms. The van der Waals surface area contributed by atoms with Gasteiger partial charge in [-0.25, -0.2) is 0 Å². The van der Waals surface area contributed by atoms with Crippen molar-refractivity contribution in [2.24, 2.45) is 18.9 Å². The minimum atomic E-state index is 0.578.